The van der Waals surface area contributed by atoms with E-state index < -0.39 is 10.0 Å². The zero-order valence-corrected chi connectivity index (χ0v) is 18.7. The molecule has 0 spiro atoms. The number of rotatable bonds is 6. The van der Waals surface area contributed by atoms with Gasteiger partial charge >= 0.3 is 0 Å². The van der Waals surface area contributed by atoms with Gasteiger partial charge in [-0.15, -0.1) is 11.8 Å². The Hall–Kier alpha value is -2.97. The number of aryl methyl sites for hydroxylation is 1. The number of carbonyl (C=O) groups is 1. The first-order valence-electron chi connectivity index (χ1n) is 9.64. The van der Waals surface area contributed by atoms with Crippen molar-refractivity contribution in [2.75, 3.05) is 22.5 Å². The van der Waals surface area contributed by atoms with Crippen molar-refractivity contribution < 1.29 is 17.9 Å². The molecule has 160 valence electrons. The molecule has 0 radical (unpaired) electrons. The summed E-state index contributed by atoms with van der Waals surface area (Å²) >= 11 is 1.56. The molecule has 1 aliphatic heterocycles. The Kier molecular flexibility index (Phi) is 5.93. The minimum Gasteiger partial charge on any atom is -0.497 e. The van der Waals surface area contributed by atoms with Crippen molar-refractivity contribution in [3.05, 3.63) is 83.9 Å². The molecule has 1 saturated heterocycles. The lowest BCUT2D eigenvalue weighted by Crippen LogP contribution is -2.27. The van der Waals surface area contributed by atoms with E-state index in [0.29, 0.717) is 17.2 Å². The van der Waals surface area contributed by atoms with Gasteiger partial charge in [0.1, 0.15) is 11.1 Å². The number of benzene rings is 3. The Bertz CT molecular complexity index is 1190. The molecule has 31 heavy (non-hydrogen) atoms. The number of nitrogens with zero attached hydrogens (tertiary/aromatic N) is 1. The number of nitrogens with one attached hydrogen (secondary N) is 1. The Labute approximate surface area is 186 Å². The van der Waals surface area contributed by atoms with Crippen molar-refractivity contribution in [2.45, 2.75) is 17.2 Å². The summed E-state index contributed by atoms with van der Waals surface area (Å²) in [5.74, 6) is 1.06. The Morgan fingerprint density at radius 2 is 1.74 bits per heavy atom. The van der Waals surface area contributed by atoms with Crippen LogP contribution < -0.4 is 14.4 Å². The molecule has 3 aromatic rings. The van der Waals surface area contributed by atoms with Gasteiger partial charge in [0.2, 0.25) is 5.91 Å². The first-order chi connectivity index (χ1) is 14.9. The number of amides is 1. The summed E-state index contributed by atoms with van der Waals surface area (Å²) in [6, 6.07) is 21.2. The molecule has 4 rings (SSSR count). The van der Waals surface area contributed by atoms with E-state index in [0.717, 1.165) is 16.8 Å². The van der Waals surface area contributed by atoms with Crippen LogP contribution in [0.1, 0.15) is 16.5 Å². The third-order valence-corrected chi connectivity index (χ3v) is 7.58. The lowest BCUT2D eigenvalue weighted by atomic mass is 10.1. The maximum Gasteiger partial charge on any atom is 0.261 e. The second-order valence-corrected chi connectivity index (χ2v) is 9.92. The summed E-state index contributed by atoms with van der Waals surface area (Å²) in [5, 5.41) is -0.151. The van der Waals surface area contributed by atoms with Crippen LogP contribution in [0, 0.1) is 6.92 Å². The van der Waals surface area contributed by atoms with Crippen LogP contribution in [0.2, 0.25) is 0 Å². The van der Waals surface area contributed by atoms with E-state index in [1.165, 1.54) is 19.2 Å². The topological polar surface area (TPSA) is 75.7 Å². The number of carbonyl (C=O) groups excluding carboxylic acids is 1. The summed E-state index contributed by atoms with van der Waals surface area (Å²) in [6.07, 6.45) is 0. The average molecular weight is 455 g/mol. The van der Waals surface area contributed by atoms with E-state index in [9.17, 15) is 13.2 Å². The monoisotopic (exact) mass is 454 g/mol. The first kappa shape index (κ1) is 21.3. The maximum atomic E-state index is 12.6. The zero-order chi connectivity index (χ0) is 22.0. The van der Waals surface area contributed by atoms with Gasteiger partial charge in [0.25, 0.3) is 10.0 Å². The summed E-state index contributed by atoms with van der Waals surface area (Å²) in [5.41, 5.74) is 3.34. The molecule has 0 bridgehead atoms. The highest BCUT2D eigenvalue weighted by Crippen LogP contribution is 2.42. The summed E-state index contributed by atoms with van der Waals surface area (Å²) in [4.78, 5) is 14.5. The molecule has 0 saturated carbocycles. The molecule has 3 aromatic carbocycles. The number of hydrogen-bond donors (Lipinski definition) is 1. The number of hydrogen-bond acceptors (Lipinski definition) is 5. The first-order valence-corrected chi connectivity index (χ1v) is 12.2. The third kappa shape index (κ3) is 4.55. The van der Waals surface area contributed by atoms with E-state index in [1.54, 1.807) is 40.9 Å². The van der Waals surface area contributed by atoms with E-state index >= 15 is 0 Å². The predicted octanol–water partition coefficient (Wildman–Crippen LogP) is 4.58. The van der Waals surface area contributed by atoms with Crippen LogP contribution >= 0.6 is 11.8 Å². The maximum absolute atomic E-state index is 12.6. The van der Waals surface area contributed by atoms with E-state index in [1.807, 2.05) is 43.3 Å². The smallest absolute Gasteiger partial charge is 0.261 e. The minimum atomic E-state index is -3.71. The number of thioether (sulfide) groups is 1. The van der Waals surface area contributed by atoms with Crippen molar-refractivity contribution in [1.29, 1.82) is 0 Å². The van der Waals surface area contributed by atoms with Gasteiger partial charge in [0.05, 0.1) is 17.8 Å². The fourth-order valence-electron chi connectivity index (χ4n) is 3.41. The standard InChI is InChI=1S/C23H22N2O4S2/c1-16-4-3-5-19(14-16)25-22(26)15-30-23(25)17-6-8-18(9-7-17)24-31(27,28)21-12-10-20(29-2)11-13-21/h3-14,23-24H,15H2,1-2H3/t23-/m0/s1. The molecule has 1 atom stereocenters. The van der Waals surface area contributed by atoms with Gasteiger partial charge in [-0.2, -0.15) is 0 Å². The van der Waals surface area contributed by atoms with Gasteiger partial charge in [-0.25, -0.2) is 8.42 Å². The van der Waals surface area contributed by atoms with Crippen LogP contribution in [0.3, 0.4) is 0 Å². The molecule has 1 heterocycles. The van der Waals surface area contributed by atoms with Crippen LogP contribution in [0.15, 0.2) is 77.7 Å². The molecule has 1 amide bonds. The normalized spacial score (nSPS) is 16.4. The van der Waals surface area contributed by atoms with Crippen molar-refractivity contribution in [3.8, 4) is 5.75 Å². The highest BCUT2D eigenvalue weighted by molar-refractivity contribution is 8.00. The quantitative estimate of drug-likeness (QED) is 0.590. The Morgan fingerprint density at radius 3 is 2.39 bits per heavy atom. The van der Waals surface area contributed by atoms with Crippen LogP contribution in [-0.2, 0) is 14.8 Å². The van der Waals surface area contributed by atoms with Gasteiger partial charge in [0.15, 0.2) is 0 Å². The lowest BCUT2D eigenvalue weighted by Gasteiger charge is -2.25. The minimum absolute atomic E-state index is 0.0601. The van der Waals surface area contributed by atoms with Gasteiger partial charge in [0, 0.05) is 11.4 Å². The molecule has 1 N–H and O–H groups in total. The van der Waals surface area contributed by atoms with Crippen LogP contribution in [-0.4, -0.2) is 27.2 Å². The molecular formula is C23H22N2O4S2. The third-order valence-electron chi connectivity index (χ3n) is 4.97. The van der Waals surface area contributed by atoms with Crippen molar-refractivity contribution >= 4 is 39.1 Å². The molecule has 1 fully saturated rings. The number of methoxy groups -OCH3 is 1. The van der Waals surface area contributed by atoms with Crippen molar-refractivity contribution in [2.24, 2.45) is 0 Å². The largest absolute Gasteiger partial charge is 0.497 e. The highest BCUT2D eigenvalue weighted by Gasteiger charge is 2.34. The van der Waals surface area contributed by atoms with Crippen molar-refractivity contribution in [1.82, 2.24) is 0 Å². The lowest BCUT2D eigenvalue weighted by molar-refractivity contribution is -0.115. The summed E-state index contributed by atoms with van der Waals surface area (Å²) in [6.45, 7) is 2.00. The number of ether oxygens (including phenoxy) is 1. The van der Waals surface area contributed by atoms with Gasteiger partial charge in [-0.1, -0.05) is 24.3 Å². The molecule has 0 unspecified atom stereocenters. The number of anilines is 2. The second-order valence-electron chi connectivity index (χ2n) is 7.17. The summed E-state index contributed by atoms with van der Waals surface area (Å²) in [7, 11) is -2.19. The van der Waals surface area contributed by atoms with Crippen LogP contribution in [0.4, 0.5) is 11.4 Å². The van der Waals surface area contributed by atoms with Crippen LogP contribution in [0.5, 0.6) is 5.75 Å². The molecule has 1 aliphatic rings. The predicted molar refractivity (Wildman–Crippen MR) is 124 cm³/mol. The van der Waals surface area contributed by atoms with E-state index in [4.69, 9.17) is 4.74 Å². The molecule has 6 nitrogen and oxygen atoms in total. The zero-order valence-electron chi connectivity index (χ0n) is 17.1. The SMILES string of the molecule is COc1ccc(S(=O)(=O)Nc2ccc([C@@H]3SCC(=O)N3c3cccc(C)c3)cc2)cc1. The van der Waals surface area contributed by atoms with E-state index in [-0.39, 0.29) is 16.2 Å². The van der Waals surface area contributed by atoms with Crippen LogP contribution in [0.25, 0.3) is 0 Å². The Morgan fingerprint density at radius 1 is 1.03 bits per heavy atom. The molecular weight excluding hydrogens is 432 g/mol. The second kappa shape index (κ2) is 8.64. The molecule has 8 heteroatoms. The van der Waals surface area contributed by atoms with Gasteiger partial charge in [-0.05, 0) is 66.6 Å². The summed E-state index contributed by atoms with van der Waals surface area (Å²) < 4.78 is 33.0. The van der Waals surface area contributed by atoms with Gasteiger partial charge in [-0.3, -0.25) is 14.4 Å². The van der Waals surface area contributed by atoms with Gasteiger partial charge < -0.3 is 4.74 Å². The Balaban J connectivity index is 1.54. The molecule has 0 aliphatic carbocycles. The fraction of sp³-hybridized carbons (Fsp3) is 0.174. The number of sulfonamides is 1. The molecule has 0 aromatic heterocycles. The highest BCUT2D eigenvalue weighted by atomic mass is 32.2. The van der Waals surface area contributed by atoms with Crippen molar-refractivity contribution in [3.63, 3.8) is 0 Å². The average Bonchev–Trinajstić information content (AvgIpc) is 3.15. The van der Waals surface area contributed by atoms with E-state index in [2.05, 4.69) is 4.72 Å². The fourth-order valence-corrected chi connectivity index (χ4v) is 5.65.